The van der Waals surface area contributed by atoms with Gasteiger partial charge in [0.25, 0.3) is 0 Å². The van der Waals surface area contributed by atoms with E-state index in [2.05, 4.69) is 4.98 Å². The van der Waals surface area contributed by atoms with Crippen LogP contribution >= 0.6 is 0 Å². The second-order valence-corrected chi connectivity index (χ2v) is 9.38. The maximum absolute atomic E-state index is 12.9. The Kier molecular flexibility index (Phi) is 6.15. The van der Waals surface area contributed by atoms with Crippen molar-refractivity contribution in [2.45, 2.75) is 38.1 Å². The van der Waals surface area contributed by atoms with Crippen molar-refractivity contribution in [1.82, 2.24) is 14.2 Å². The number of hydrogen-bond donors (Lipinski definition) is 0. The summed E-state index contributed by atoms with van der Waals surface area (Å²) in [6, 6.07) is 10.9. The number of carbonyl (C=O) groups is 1. The van der Waals surface area contributed by atoms with E-state index in [0.29, 0.717) is 37.4 Å². The first kappa shape index (κ1) is 20.5. The van der Waals surface area contributed by atoms with Gasteiger partial charge in [-0.15, -0.1) is 0 Å². The molecule has 0 N–H and O–H groups in total. The summed E-state index contributed by atoms with van der Waals surface area (Å²) in [5.74, 6) is -0.103. The Hall–Kier alpha value is -2.25. The van der Waals surface area contributed by atoms with Crippen LogP contribution in [0.5, 0.6) is 0 Å². The zero-order chi connectivity index (χ0) is 20.3. The zero-order valence-electron chi connectivity index (χ0n) is 16.6. The number of carbonyl (C=O) groups excluding carboxylic acids is 1. The molecule has 0 spiro atoms. The second-order valence-electron chi connectivity index (χ2n) is 7.44. The van der Waals surface area contributed by atoms with Gasteiger partial charge in [0.2, 0.25) is 15.9 Å². The number of rotatable bonds is 5. The molecule has 1 aromatic carbocycles. The van der Waals surface area contributed by atoms with Gasteiger partial charge in [-0.25, -0.2) is 8.42 Å². The lowest BCUT2D eigenvalue weighted by Gasteiger charge is -2.32. The van der Waals surface area contributed by atoms with E-state index >= 15 is 0 Å². The predicted octanol–water partition coefficient (Wildman–Crippen LogP) is 2.76. The van der Waals surface area contributed by atoms with E-state index < -0.39 is 10.0 Å². The molecular formula is C21H27N3O3S. The summed E-state index contributed by atoms with van der Waals surface area (Å²) in [6.45, 7) is 5.06. The van der Waals surface area contributed by atoms with Crippen molar-refractivity contribution in [2.75, 3.05) is 20.1 Å². The zero-order valence-corrected chi connectivity index (χ0v) is 17.4. The summed E-state index contributed by atoms with van der Waals surface area (Å²) in [6.07, 6.45) is 2.79. The molecule has 150 valence electrons. The Bertz CT molecular complexity index is 937. The molecule has 2 aromatic rings. The quantitative estimate of drug-likeness (QED) is 0.772. The van der Waals surface area contributed by atoms with E-state index in [9.17, 15) is 13.2 Å². The molecule has 0 aliphatic carbocycles. The first-order valence-electron chi connectivity index (χ1n) is 9.51. The molecule has 0 unspecified atom stereocenters. The topological polar surface area (TPSA) is 70.6 Å². The van der Waals surface area contributed by atoms with Gasteiger partial charge in [-0.3, -0.25) is 9.78 Å². The molecule has 1 aliphatic heterocycles. The van der Waals surface area contributed by atoms with Crippen LogP contribution in [0.4, 0.5) is 0 Å². The molecule has 0 saturated carbocycles. The Labute approximate surface area is 167 Å². The van der Waals surface area contributed by atoms with E-state index in [4.69, 9.17) is 0 Å². The summed E-state index contributed by atoms with van der Waals surface area (Å²) in [5.41, 5.74) is 2.87. The first-order chi connectivity index (χ1) is 13.3. The first-order valence-corrected chi connectivity index (χ1v) is 11.0. The van der Waals surface area contributed by atoms with Crippen LogP contribution in [0.3, 0.4) is 0 Å². The highest BCUT2D eigenvalue weighted by Gasteiger charge is 2.33. The number of piperidine rings is 1. The lowest BCUT2D eigenvalue weighted by atomic mass is 9.96. The average Bonchev–Trinajstić information content (AvgIpc) is 2.70. The number of sulfonamides is 1. The maximum atomic E-state index is 12.9. The van der Waals surface area contributed by atoms with E-state index in [1.165, 1.54) is 4.31 Å². The number of pyridine rings is 1. The highest BCUT2D eigenvalue weighted by atomic mass is 32.2. The van der Waals surface area contributed by atoms with Gasteiger partial charge in [-0.1, -0.05) is 12.1 Å². The lowest BCUT2D eigenvalue weighted by molar-refractivity contribution is -0.136. The maximum Gasteiger partial charge on any atom is 0.243 e. The van der Waals surface area contributed by atoms with Crippen LogP contribution < -0.4 is 0 Å². The Balaban J connectivity index is 1.61. The molecule has 3 rings (SSSR count). The third-order valence-electron chi connectivity index (χ3n) is 5.42. The minimum absolute atomic E-state index is 0.0499. The summed E-state index contributed by atoms with van der Waals surface area (Å²) >= 11 is 0. The number of aromatic nitrogens is 1. The van der Waals surface area contributed by atoms with E-state index in [-0.39, 0.29) is 11.8 Å². The normalized spacial score (nSPS) is 16.1. The van der Waals surface area contributed by atoms with Gasteiger partial charge in [0.15, 0.2) is 0 Å². The molecule has 1 amide bonds. The highest BCUT2D eigenvalue weighted by molar-refractivity contribution is 7.89. The highest BCUT2D eigenvalue weighted by Crippen LogP contribution is 2.26. The molecule has 1 fully saturated rings. The van der Waals surface area contributed by atoms with E-state index in [1.54, 1.807) is 30.3 Å². The fourth-order valence-electron chi connectivity index (χ4n) is 3.49. The number of nitrogens with zero attached hydrogens (tertiary/aromatic N) is 3. The monoisotopic (exact) mass is 401 g/mol. The minimum Gasteiger partial charge on any atom is -0.340 e. The summed E-state index contributed by atoms with van der Waals surface area (Å²) < 4.78 is 27.3. The molecular weight excluding hydrogens is 374 g/mol. The van der Waals surface area contributed by atoms with Gasteiger partial charge in [0, 0.05) is 32.3 Å². The van der Waals surface area contributed by atoms with Crippen LogP contribution in [-0.4, -0.2) is 48.7 Å². The number of aryl methyl sites for hydroxylation is 2. The average molecular weight is 402 g/mol. The molecule has 0 atom stereocenters. The van der Waals surface area contributed by atoms with Gasteiger partial charge in [0.05, 0.1) is 17.1 Å². The Morgan fingerprint density at radius 2 is 1.86 bits per heavy atom. The number of amides is 1. The molecule has 1 saturated heterocycles. The molecule has 7 heteroatoms. The minimum atomic E-state index is -3.52. The van der Waals surface area contributed by atoms with Crippen LogP contribution in [0.15, 0.2) is 47.5 Å². The van der Waals surface area contributed by atoms with E-state index in [1.807, 2.05) is 38.1 Å². The number of benzene rings is 1. The van der Waals surface area contributed by atoms with Crippen LogP contribution in [0, 0.1) is 19.8 Å². The second kappa shape index (κ2) is 8.41. The third kappa shape index (κ3) is 4.42. The largest absolute Gasteiger partial charge is 0.340 e. The van der Waals surface area contributed by atoms with Crippen LogP contribution in [0.1, 0.15) is 29.7 Å². The van der Waals surface area contributed by atoms with Gasteiger partial charge in [-0.05, 0) is 62.1 Å². The fraction of sp³-hybridized carbons (Fsp3) is 0.429. The molecule has 1 aliphatic rings. The summed E-state index contributed by atoms with van der Waals surface area (Å²) in [7, 11) is -1.75. The van der Waals surface area contributed by atoms with Crippen molar-refractivity contribution in [2.24, 2.45) is 5.92 Å². The summed E-state index contributed by atoms with van der Waals surface area (Å²) in [5, 5.41) is 0. The van der Waals surface area contributed by atoms with Crippen LogP contribution in [0.25, 0.3) is 0 Å². The van der Waals surface area contributed by atoms with Gasteiger partial charge >= 0.3 is 0 Å². The SMILES string of the molecule is Cc1ccc(S(=O)(=O)N2CCC(C(=O)N(C)Cc3ccccn3)CC2)cc1C. The van der Waals surface area contributed by atoms with Crippen molar-refractivity contribution >= 4 is 15.9 Å². The molecule has 1 aromatic heterocycles. The Morgan fingerprint density at radius 3 is 2.46 bits per heavy atom. The van der Waals surface area contributed by atoms with Crippen molar-refractivity contribution in [3.63, 3.8) is 0 Å². The summed E-state index contributed by atoms with van der Waals surface area (Å²) in [4.78, 5) is 19.0. The molecule has 0 bridgehead atoms. The molecule has 6 nitrogen and oxygen atoms in total. The van der Waals surface area contributed by atoms with Crippen molar-refractivity contribution in [3.8, 4) is 0 Å². The Morgan fingerprint density at radius 1 is 1.14 bits per heavy atom. The van der Waals surface area contributed by atoms with Crippen molar-refractivity contribution < 1.29 is 13.2 Å². The number of hydrogen-bond acceptors (Lipinski definition) is 4. The van der Waals surface area contributed by atoms with E-state index in [0.717, 1.165) is 16.8 Å². The van der Waals surface area contributed by atoms with Gasteiger partial charge < -0.3 is 4.90 Å². The fourth-order valence-corrected chi connectivity index (χ4v) is 5.05. The smallest absolute Gasteiger partial charge is 0.243 e. The third-order valence-corrected chi connectivity index (χ3v) is 7.32. The van der Waals surface area contributed by atoms with Gasteiger partial charge in [0.1, 0.15) is 0 Å². The van der Waals surface area contributed by atoms with Crippen molar-refractivity contribution in [1.29, 1.82) is 0 Å². The van der Waals surface area contributed by atoms with Crippen LogP contribution in [0.2, 0.25) is 0 Å². The van der Waals surface area contributed by atoms with Crippen LogP contribution in [-0.2, 0) is 21.4 Å². The standard InChI is InChI=1S/C21H27N3O3S/c1-16-7-8-20(14-17(16)2)28(26,27)24-12-9-18(10-13-24)21(25)23(3)15-19-6-4-5-11-22-19/h4-8,11,14,18H,9-10,12-13,15H2,1-3H3. The van der Waals surface area contributed by atoms with Crippen molar-refractivity contribution in [3.05, 3.63) is 59.4 Å². The lowest BCUT2D eigenvalue weighted by Crippen LogP contribution is -2.43. The molecule has 0 radical (unpaired) electrons. The molecule has 28 heavy (non-hydrogen) atoms. The molecule has 2 heterocycles. The van der Waals surface area contributed by atoms with Gasteiger partial charge in [-0.2, -0.15) is 4.31 Å². The predicted molar refractivity (Wildman–Crippen MR) is 108 cm³/mol.